The number of carbonyl (C=O) groups is 4. The molecule has 1 rings (SSSR count). The molecule has 2 amide bonds. The minimum Gasteiger partial charge on any atom is -0.463 e. The van der Waals surface area contributed by atoms with Gasteiger partial charge in [-0.25, -0.2) is 4.79 Å². The van der Waals surface area contributed by atoms with Crippen LogP contribution >= 0.6 is 0 Å². The van der Waals surface area contributed by atoms with Crippen LogP contribution in [0.25, 0.3) is 0 Å². The van der Waals surface area contributed by atoms with Crippen LogP contribution in [0.5, 0.6) is 0 Å². The summed E-state index contributed by atoms with van der Waals surface area (Å²) in [5.41, 5.74) is 0. The fourth-order valence-electron chi connectivity index (χ4n) is 4.27. The summed E-state index contributed by atoms with van der Waals surface area (Å²) in [6.45, 7) is 8.84. The summed E-state index contributed by atoms with van der Waals surface area (Å²) in [5, 5.41) is 2.91. The minimum absolute atomic E-state index is 0.257. The van der Waals surface area contributed by atoms with E-state index in [0.29, 0.717) is 13.1 Å². The summed E-state index contributed by atoms with van der Waals surface area (Å²) < 4.78 is 27.5. The summed E-state index contributed by atoms with van der Waals surface area (Å²) in [6.07, 6.45) is 3.85. The fraction of sp³-hybridized carbons (Fsp3) is 0.846. The summed E-state index contributed by atoms with van der Waals surface area (Å²) in [6, 6.07) is -1.33. The number of carbonyl (C=O) groups excluding carboxylic acids is 4. The van der Waals surface area contributed by atoms with Gasteiger partial charge in [-0.3, -0.25) is 14.4 Å². The molecule has 0 aliphatic carbocycles. The van der Waals surface area contributed by atoms with Crippen LogP contribution in [0.15, 0.2) is 0 Å². The quantitative estimate of drug-likeness (QED) is 0.181. The first kappa shape index (κ1) is 32.6. The topological polar surface area (TPSA) is 130 Å². The molecule has 1 fully saturated rings. The maximum atomic E-state index is 13.4. The lowest BCUT2D eigenvalue weighted by Gasteiger charge is -2.45. The van der Waals surface area contributed by atoms with Crippen molar-refractivity contribution in [2.24, 2.45) is 0 Å². The van der Waals surface area contributed by atoms with Gasteiger partial charge in [0.1, 0.15) is 18.8 Å². The molecule has 0 unspecified atom stereocenters. The first-order valence-electron chi connectivity index (χ1n) is 13.4. The van der Waals surface area contributed by atoms with Gasteiger partial charge in [0.15, 0.2) is 18.5 Å². The highest BCUT2D eigenvalue weighted by Gasteiger charge is 2.51. The third-order valence-electron chi connectivity index (χ3n) is 6.07. The first-order valence-corrected chi connectivity index (χ1v) is 13.4. The van der Waals surface area contributed by atoms with Crippen LogP contribution < -0.4 is 5.32 Å². The summed E-state index contributed by atoms with van der Waals surface area (Å²) in [5.74, 6) is -1.84. The Bertz CT molecular complexity index is 706. The second-order valence-electron chi connectivity index (χ2n) is 9.31. The predicted octanol–water partition coefficient (Wildman–Crippen LogP) is 3.33. The van der Waals surface area contributed by atoms with Crippen molar-refractivity contribution in [3.05, 3.63) is 0 Å². The minimum atomic E-state index is -1.14. The van der Waals surface area contributed by atoms with Crippen LogP contribution in [0.3, 0.4) is 0 Å². The Hall–Kier alpha value is -2.40. The standard InChI is InChI=1S/C26H46N2O9/c1-7-9-11-13-15-28(16-14-12-10-8-2)26(32)27-22-24(36-20(5)31)23(35-19(4)30)21(17-34-18(3)29)37-25(22)33-6/h21-25H,7-17H2,1-6H3,(H,27,32)/t21-,22-,23-,24-,25-/m1/s1. The molecule has 1 aliphatic rings. The van der Waals surface area contributed by atoms with Gasteiger partial charge in [0.05, 0.1) is 0 Å². The number of methoxy groups -OCH3 is 1. The Morgan fingerprint density at radius 1 is 0.784 bits per heavy atom. The maximum absolute atomic E-state index is 13.4. The lowest BCUT2D eigenvalue weighted by molar-refractivity contribution is -0.270. The molecule has 1 heterocycles. The number of ether oxygens (including phenoxy) is 5. The molecule has 0 bridgehead atoms. The molecule has 0 aromatic carbocycles. The van der Waals surface area contributed by atoms with E-state index in [1.54, 1.807) is 4.90 Å². The molecule has 37 heavy (non-hydrogen) atoms. The van der Waals surface area contributed by atoms with E-state index in [-0.39, 0.29) is 12.6 Å². The molecule has 5 atom stereocenters. The van der Waals surface area contributed by atoms with Crippen LogP contribution in [0.1, 0.15) is 86.0 Å². The predicted molar refractivity (Wildman–Crippen MR) is 136 cm³/mol. The average Bonchev–Trinajstić information content (AvgIpc) is 2.83. The number of rotatable bonds is 16. The van der Waals surface area contributed by atoms with E-state index in [2.05, 4.69) is 19.2 Å². The van der Waals surface area contributed by atoms with Crippen molar-refractivity contribution in [1.29, 1.82) is 0 Å². The van der Waals surface area contributed by atoms with Gasteiger partial charge in [0.2, 0.25) is 0 Å². The van der Waals surface area contributed by atoms with Gasteiger partial charge < -0.3 is 33.9 Å². The molecule has 1 aliphatic heterocycles. The largest absolute Gasteiger partial charge is 0.463 e. The molecule has 214 valence electrons. The molecule has 11 heteroatoms. The molecule has 1 N–H and O–H groups in total. The van der Waals surface area contributed by atoms with E-state index in [0.717, 1.165) is 51.4 Å². The molecular weight excluding hydrogens is 484 g/mol. The van der Waals surface area contributed by atoms with Crippen molar-refractivity contribution in [1.82, 2.24) is 10.2 Å². The number of nitrogens with one attached hydrogen (secondary N) is 1. The summed E-state index contributed by atoms with van der Waals surface area (Å²) in [7, 11) is 1.39. The van der Waals surface area contributed by atoms with Gasteiger partial charge in [-0.2, -0.15) is 0 Å². The average molecular weight is 531 g/mol. The molecule has 11 nitrogen and oxygen atoms in total. The van der Waals surface area contributed by atoms with Crippen molar-refractivity contribution in [2.75, 3.05) is 26.8 Å². The Labute approximate surface area is 220 Å². The number of hydrogen-bond donors (Lipinski definition) is 1. The van der Waals surface area contributed by atoms with E-state index in [4.69, 9.17) is 23.7 Å². The van der Waals surface area contributed by atoms with Crippen LogP contribution in [0.2, 0.25) is 0 Å². The van der Waals surface area contributed by atoms with Gasteiger partial charge in [-0.15, -0.1) is 0 Å². The molecular formula is C26H46N2O9. The number of esters is 3. The van der Waals surface area contributed by atoms with Crippen LogP contribution in [-0.2, 0) is 38.1 Å². The lowest BCUT2D eigenvalue weighted by Crippen LogP contribution is -2.67. The first-order chi connectivity index (χ1) is 17.6. The number of nitrogens with zero attached hydrogens (tertiary/aromatic N) is 1. The highest BCUT2D eigenvalue weighted by molar-refractivity contribution is 5.75. The molecule has 0 spiro atoms. The molecule has 0 saturated carbocycles. The van der Waals surface area contributed by atoms with Crippen molar-refractivity contribution >= 4 is 23.9 Å². The van der Waals surface area contributed by atoms with E-state index >= 15 is 0 Å². The van der Waals surface area contributed by atoms with Gasteiger partial charge in [-0.05, 0) is 12.8 Å². The monoisotopic (exact) mass is 530 g/mol. The zero-order chi connectivity index (χ0) is 27.8. The highest BCUT2D eigenvalue weighted by Crippen LogP contribution is 2.28. The highest BCUT2D eigenvalue weighted by atomic mass is 16.7. The number of unbranched alkanes of at least 4 members (excludes halogenated alkanes) is 6. The zero-order valence-electron chi connectivity index (χ0n) is 23.3. The molecule has 0 aromatic heterocycles. The van der Waals surface area contributed by atoms with Crippen molar-refractivity contribution in [3.8, 4) is 0 Å². The second kappa shape index (κ2) is 18.0. The lowest BCUT2D eigenvalue weighted by atomic mass is 9.96. The Balaban J connectivity index is 3.17. The van der Waals surface area contributed by atoms with Crippen molar-refractivity contribution in [2.45, 2.75) is 117 Å². The van der Waals surface area contributed by atoms with Gasteiger partial charge in [0, 0.05) is 41.0 Å². The van der Waals surface area contributed by atoms with Gasteiger partial charge in [0.25, 0.3) is 0 Å². The number of hydrogen-bond acceptors (Lipinski definition) is 9. The Morgan fingerprint density at radius 3 is 1.78 bits per heavy atom. The van der Waals surface area contributed by atoms with E-state index in [9.17, 15) is 19.2 Å². The SMILES string of the molecule is CCCCCCN(CCCCCC)C(=O)N[C@H]1[C@H](OC)O[C@H](COC(C)=O)[C@@H](OC(C)=O)[C@@H]1OC(C)=O. The maximum Gasteiger partial charge on any atom is 0.317 e. The van der Waals surface area contributed by atoms with Gasteiger partial charge >= 0.3 is 23.9 Å². The van der Waals surface area contributed by atoms with Crippen molar-refractivity contribution in [3.63, 3.8) is 0 Å². The van der Waals surface area contributed by atoms with Crippen molar-refractivity contribution < 1.29 is 42.9 Å². The molecule has 0 aromatic rings. The van der Waals surface area contributed by atoms with Crippen LogP contribution in [-0.4, -0.2) is 86.3 Å². The van der Waals surface area contributed by atoms with Crippen LogP contribution in [0, 0.1) is 0 Å². The van der Waals surface area contributed by atoms with E-state index in [1.807, 2.05) is 0 Å². The Kier molecular flexibility index (Phi) is 15.8. The molecule has 0 radical (unpaired) electrons. The number of amides is 2. The van der Waals surface area contributed by atoms with E-state index in [1.165, 1.54) is 27.9 Å². The molecule has 1 saturated heterocycles. The second-order valence-corrected chi connectivity index (χ2v) is 9.31. The third-order valence-corrected chi connectivity index (χ3v) is 6.07. The third kappa shape index (κ3) is 12.1. The summed E-state index contributed by atoms with van der Waals surface area (Å²) >= 11 is 0. The normalized spacial score (nSPS) is 23.1. The van der Waals surface area contributed by atoms with Gasteiger partial charge in [-0.1, -0.05) is 52.4 Å². The fourth-order valence-corrected chi connectivity index (χ4v) is 4.27. The zero-order valence-corrected chi connectivity index (χ0v) is 23.3. The Morgan fingerprint density at radius 2 is 1.32 bits per heavy atom. The van der Waals surface area contributed by atoms with Crippen LogP contribution in [0.4, 0.5) is 4.79 Å². The smallest absolute Gasteiger partial charge is 0.317 e. The number of urea groups is 1. The van der Waals surface area contributed by atoms with E-state index < -0.39 is 48.6 Å². The summed E-state index contributed by atoms with van der Waals surface area (Å²) in [4.78, 5) is 50.5.